The van der Waals surface area contributed by atoms with E-state index in [9.17, 15) is 0 Å². The highest BCUT2D eigenvalue weighted by Crippen LogP contribution is 2.12. The molecule has 19 heavy (non-hydrogen) atoms. The van der Waals surface area contributed by atoms with Crippen LogP contribution in [0.4, 0.5) is 0 Å². The van der Waals surface area contributed by atoms with Crippen LogP contribution in [-0.4, -0.2) is 26.2 Å². The zero-order valence-corrected chi connectivity index (χ0v) is 13.2. The lowest BCUT2D eigenvalue weighted by molar-refractivity contribution is -0.669. The number of quaternary nitrogens is 2. The Balaban J connectivity index is 0.000000324. The van der Waals surface area contributed by atoms with E-state index in [1.165, 1.54) is 77.5 Å². The van der Waals surface area contributed by atoms with Gasteiger partial charge in [0.25, 0.3) is 0 Å². The molecule has 2 aliphatic rings. The van der Waals surface area contributed by atoms with Crippen molar-refractivity contribution < 1.29 is 16.1 Å². The molecule has 0 aromatic carbocycles. The summed E-state index contributed by atoms with van der Waals surface area (Å²) in [7, 11) is 0. The van der Waals surface area contributed by atoms with E-state index in [2.05, 4.69) is 24.5 Å². The minimum absolute atomic E-state index is 0. The predicted molar refractivity (Wildman–Crippen MR) is 79.3 cm³/mol. The van der Waals surface area contributed by atoms with Crippen molar-refractivity contribution in [2.75, 3.05) is 26.2 Å². The van der Waals surface area contributed by atoms with Crippen molar-refractivity contribution in [1.29, 1.82) is 0 Å². The average Bonchev–Trinajstić information content (AvgIpc) is 2.43. The number of hydrogen-bond acceptors (Lipinski definition) is 0. The maximum Gasteiger partial charge on any atom is 0.0783 e. The Kier molecular flexibility index (Phi) is 12.8. The molecular formula is C16H36N2O. The summed E-state index contributed by atoms with van der Waals surface area (Å²) in [6, 6.07) is 0. The number of rotatable bonds is 4. The topological polar surface area (TPSA) is 61.7 Å². The Bertz CT molecular complexity index is 150. The van der Waals surface area contributed by atoms with Gasteiger partial charge in [0, 0.05) is 11.8 Å². The van der Waals surface area contributed by atoms with Crippen molar-refractivity contribution in [1.82, 2.24) is 0 Å². The van der Waals surface area contributed by atoms with E-state index in [0.29, 0.717) is 0 Å². The third-order valence-corrected chi connectivity index (χ3v) is 4.44. The van der Waals surface area contributed by atoms with Crippen LogP contribution in [0.15, 0.2) is 0 Å². The van der Waals surface area contributed by atoms with Crippen LogP contribution in [0, 0.1) is 11.8 Å². The standard InChI is InChI=1S/2C8H17N.O/c2*1-2-4-8-5-3-6-9-7-8;/h2*8-9H,2-7H2,1H3;/q;;-2/p+2. The van der Waals surface area contributed by atoms with Crippen LogP contribution in [0.25, 0.3) is 0 Å². The van der Waals surface area contributed by atoms with Crippen LogP contribution in [0.5, 0.6) is 0 Å². The Morgan fingerprint density at radius 2 is 1.21 bits per heavy atom. The Morgan fingerprint density at radius 1 is 0.789 bits per heavy atom. The summed E-state index contributed by atoms with van der Waals surface area (Å²) in [5.74, 6) is 2.09. The van der Waals surface area contributed by atoms with Crippen molar-refractivity contribution in [2.24, 2.45) is 11.8 Å². The number of piperidine rings is 2. The summed E-state index contributed by atoms with van der Waals surface area (Å²) in [4.78, 5) is 0. The van der Waals surface area contributed by atoms with Gasteiger partial charge in [-0.1, -0.05) is 26.7 Å². The monoisotopic (exact) mass is 272 g/mol. The van der Waals surface area contributed by atoms with Gasteiger partial charge in [0.15, 0.2) is 0 Å². The Morgan fingerprint density at radius 3 is 1.47 bits per heavy atom. The molecule has 2 rings (SSSR count). The molecule has 0 radical (unpaired) electrons. The van der Waals surface area contributed by atoms with Crippen molar-refractivity contribution >= 4 is 0 Å². The fourth-order valence-electron chi connectivity index (χ4n) is 3.39. The molecule has 2 fully saturated rings. The molecule has 2 atom stereocenters. The lowest BCUT2D eigenvalue weighted by Crippen LogP contribution is -2.87. The van der Waals surface area contributed by atoms with E-state index < -0.39 is 0 Å². The quantitative estimate of drug-likeness (QED) is 0.777. The van der Waals surface area contributed by atoms with Crippen molar-refractivity contribution in [3.63, 3.8) is 0 Å². The Hall–Kier alpha value is -0.120. The van der Waals surface area contributed by atoms with Gasteiger partial charge in [0.1, 0.15) is 0 Å². The van der Waals surface area contributed by atoms with Gasteiger partial charge in [-0.25, -0.2) is 0 Å². The maximum absolute atomic E-state index is 2.46. The number of hydrogen-bond donors (Lipinski definition) is 2. The van der Waals surface area contributed by atoms with Gasteiger partial charge in [0.05, 0.1) is 26.2 Å². The molecular weight excluding hydrogens is 236 g/mol. The second-order valence-electron chi connectivity index (χ2n) is 6.22. The molecule has 116 valence electrons. The lowest BCUT2D eigenvalue weighted by atomic mass is 9.95. The fourth-order valence-corrected chi connectivity index (χ4v) is 3.39. The first-order chi connectivity index (χ1) is 8.86. The zero-order chi connectivity index (χ0) is 13.1. The maximum atomic E-state index is 2.46. The van der Waals surface area contributed by atoms with Gasteiger partial charge >= 0.3 is 0 Å². The SMILES string of the molecule is CCCC1CCC[NH2+]C1.CCCC1CCC[NH2+]C1.[O-2]. The first-order valence-electron chi connectivity index (χ1n) is 8.50. The summed E-state index contributed by atoms with van der Waals surface area (Å²) in [6.07, 6.45) is 11.5. The Labute approximate surface area is 120 Å². The van der Waals surface area contributed by atoms with E-state index in [1.54, 1.807) is 0 Å². The van der Waals surface area contributed by atoms with Crippen LogP contribution in [0.1, 0.15) is 65.2 Å². The van der Waals surface area contributed by atoms with Crippen molar-refractivity contribution in [3.8, 4) is 0 Å². The van der Waals surface area contributed by atoms with Crippen LogP contribution < -0.4 is 10.6 Å². The van der Waals surface area contributed by atoms with Gasteiger partial charge in [-0.3, -0.25) is 0 Å². The number of nitrogens with two attached hydrogens (primary N) is 2. The highest BCUT2D eigenvalue weighted by molar-refractivity contribution is 4.59. The van der Waals surface area contributed by atoms with Crippen LogP contribution in [-0.2, 0) is 5.48 Å². The second kappa shape index (κ2) is 12.9. The fraction of sp³-hybridized carbons (Fsp3) is 1.00. The molecule has 0 aromatic rings. The molecule has 3 heteroatoms. The molecule has 0 aliphatic carbocycles. The molecule has 2 aliphatic heterocycles. The van der Waals surface area contributed by atoms with E-state index in [1.807, 2.05) is 0 Å². The summed E-state index contributed by atoms with van der Waals surface area (Å²) in [6.45, 7) is 10.1. The molecule has 0 amide bonds. The summed E-state index contributed by atoms with van der Waals surface area (Å²) in [5.41, 5.74) is 0. The predicted octanol–water partition coefficient (Wildman–Crippen LogP) is 1.40. The molecule has 0 saturated carbocycles. The molecule has 2 heterocycles. The van der Waals surface area contributed by atoms with Crippen LogP contribution in [0.3, 0.4) is 0 Å². The largest absolute Gasteiger partial charge is 2.00 e. The highest BCUT2D eigenvalue weighted by atomic mass is 16.0. The first-order valence-corrected chi connectivity index (χ1v) is 8.50. The first kappa shape index (κ1) is 18.9. The second-order valence-corrected chi connectivity index (χ2v) is 6.22. The molecule has 2 saturated heterocycles. The van der Waals surface area contributed by atoms with E-state index in [0.717, 1.165) is 11.8 Å². The third kappa shape index (κ3) is 9.42. The van der Waals surface area contributed by atoms with Gasteiger partial charge in [-0.15, -0.1) is 0 Å². The summed E-state index contributed by atoms with van der Waals surface area (Å²) in [5, 5.41) is 4.92. The van der Waals surface area contributed by atoms with Crippen LogP contribution >= 0.6 is 0 Å². The van der Waals surface area contributed by atoms with Gasteiger partial charge in [-0.05, 0) is 38.5 Å². The molecule has 0 spiro atoms. The molecule has 3 nitrogen and oxygen atoms in total. The summed E-state index contributed by atoms with van der Waals surface area (Å²) >= 11 is 0. The lowest BCUT2D eigenvalue weighted by Gasteiger charge is -2.18. The van der Waals surface area contributed by atoms with E-state index in [-0.39, 0.29) is 5.48 Å². The molecule has 0 bridgehead atoms. The third-order valence-electron chi connectivity index (χ3n) is 4.44. The van der Waals surface area contributed by atoms with Gasteiger partial charge in [0.2, 0.25) is 0 Å². The normalized spacial score (nSPS) is 26.8. The van der Waals surface area contributed by atoms with Crippen molar-refractivity contribution in [3.05, 3.63) is 0 Å². The van der Waals surface area contributed by atoms with E-state index in [4.69, 9.17) is 0 Å². The zero-order valence-electron chi connectivity index (χ0n) is 13.2. The average molecular weight is 272 g/mol. The smallest absolute Gasteiger partial charge is 0.0783 e. The highest BCUT2D eigenvalue weighted by Gasteiger charge is 2.14. The molecule has 2 unspecified atom stereocenters. The van der Waals surface area contributed by atoms with Gasteiger partial charge < -0.3 is 16.1 Å². The van der Waals surface area contributed by atoms with E-state index >= 15 is 0 Å². The van der Waals surface area contributed by atoms with Gasteiger partial charge in [-0.2, -0.15) is 0 Å². The summed E-state index contributed by atoms with van der Waals surface area (Å²) < 4.78 is 0. The van der Waals surface area contributed by atoms with Crippen molar-refractivity contribution in [2.45, 2.75) is 65.2 Å². The minimum atomic E-state index is 0. The molecule has 4 N–H and O–H groups in total. The minimum Gasteiger partial charge on any atom is -2.00 e. The molecule has 0 aromatic heterocycles. The van der Waals surface area contributed by atoms with Crippen LogP contribution in [0.2, 0.25) is 0 Å².